The number of nitrogens with zero attached hydrogens (tertiary/aromatic N) is 2. The third kappa shape index (κ3) is 3.92. The van der Waals surface area contributed by atoms with Crippen LogP contribution in [0.25, 0.3) is 0 Å². The summed E-state index contributed by atoms with van der Waals surface area (Å²) in [6.45, 7) is 2.38. The molecule has 0 aliphatic heterocycles. The number of nitrogens with one attached hydrogen (secondary N) is 1. The molecule has 0 bridgehead atoms. The van der Waals surface area contributed by atoms with Crippen LogP contribution in [-0.4, -0.2) is 23.6 Å². The highest BCUT2D eigenvalue weighted by Crippen LogP contribution is 2.21. The molecule has 0 saturated heterocycles. The van der Waals surface area contributed by atoms with Gasteiger partial charge in [0, 0.05) is 18.3 Å². The van der Waals surface area contributed by atoms with Gasteiger partial charge >= 0.3 is 5.69 Å². The zero-order valence-corrected chi connectivity index (χ0v) is 12.0. The second kappa shape index (κ2) is 6.69. The van der Waals surface area contributed by atoms with Crippen LogP contribution in [0.2, 0.25) is 0 Å². The number of methoxy groups -OCH3 is 1. The van der Waals surface area contributed by atoms with Crippen LogP contribution in [0.4, 0.5) is 11.5 Å². The van der Waals surface area contributed by atoms with Crippen molar-refractivity contribution in [3.8, 4) is 5.75 Å². The summed E-state index contributed by atoms with van der Waals surface area (Å²) in [6, 6.07) is 10.8. The Morgan fingerprint density at radius 1 is 1.24 bits per heavy atom. The number of hydrogen-bond acceptors (Lipinski definition) is 5. The van der Waals surface area contributed by atoms with E-state index in [9.17, 15) is 10.1 Å². The second-order valence-electron chi connectivity index (χ2n) is 4.60. The first-order valence-corrected chi connectivity index (χ1v) is 6.59. The summed E-state index contributed by atoms with van der Waals surface area (Å²) in [7, 11) is 1.62. The molecule has 6 nitrogen and oxygen atoms in total. The third-order valence-electron chi connectivity index (χ3n) is 3.08. The maximum absolute atomic E-state index is 10.9. The molecule has 0 atom stereocenters. The standard InChI is InChI=1S/C15H17N3O3/c1-11-3-8-14(18(19)20)15(17-11)16-10-9-12-4-6-13(21-2)7-5-12/h3-8H,9-10H2,1-2H3,(H,16,17). The molecule has 0 spiro atoms. The van der Waals surface area contributed by atoms with E-state index in [4.69, 9.17) is 4.74 Å². The van der Waals surface area contributed by atoms with E-state index in [2.05, 4.69) is 10.3 Å². The number of anilines is 1. The molecule has 1 aromatic heterocycles. The van der Waals surface area contributed by atoms with E-state index in [1.54, 1.807) is 20.1 Å². The van der Waals surface area contributed by atoms with Crippen LogP contribution in [0.5, 0.6) is 5.75 Å². The largest absolute Gasteiger partial charge is 0.497 e. The van der Waals surface area contributed by atoms with E-state index in [-0.39, 0.29) is 5.69 Å². The summed E-state index contributed by atoms with van der Waals surface area (Å²) < 4.78 is 5.10. The molecule has 0 aliphatic rings. The Bertz CT molecular complexity index is 627. The third-order valence-corrected chi connectivity index (χ3v) is 3.08. The summed E-state index contributed by atoms with van der Waals surface area (Å²) in [6.07, 6.45) is 0.747. The lowest BCUT2D eigenvalue weighted by Gasteiger charge is -2.07. The van der Waals surface area contributed by atoms with Crippen LogP contribution in [0.1, 0.15) is 11.3 Å². The Labute approximate surface area is 122 Å². The maximum atomic E-state index is 10.9. The summed E-state index contributed by atoms with van der Waals surface area (Å²) in [4.78, 5) is 14.7. The fourth-order valence-electron chi connectivity index (χ4n) is 1.94. The van der Waals surface area contributed by atoms with Gasteiger partial charge in [-0.25, -0.2) is 4.98 Å². The van der Waals surface area contributed by atoms with Crippen molar-refractivity contribution in [3.05, 3.63) is 57.8 Å². The molecule has 1 N–H and O–H groups in total. The van der Waals surface area contributed by atoms with Gasteiger partial charge in [0.15, 0.2) is 0 Å². The summed E-state index contributed by atoms with van der Waals surface area (Å²) in [5.74, 6) is 1.12. The van der Waals surface area contributed by atoms with Crippen LogP contribution in [0.15, 0.2) is 36.4 Å². The zero-order valence-electron chi connectivity index (χ0n) is 12.0. The molecule has 21 heavy (non-hydrogen) atoms. The molecule has 0 radical (unpaired) electrons. The molecule has 1 aromatic carbocycles. The Kier molecular flexibility index (Phi) is 4.71. The Hall–Kier alpha value is -2.63. The van der Waals surface area contributed by atoms with E-state index in [1.165, 1.54) is 6.07 Å². The van der Waals surface area contributed by atoms with Gasteiger partial charge < -0.3 is 10.1 Å². The molecule has 2 aromatic rings. The number of pyridine rings is 1. The van der Waals surface area contributed by atoms with E-state index < -0.39 is 4.92 Å². The second-order valence-corrected chi connectivity index (χ2v) is 4.60. The molecule has 0 saturated carbocycles. The van der Waals surface area contributed by atoms with Gasteiger partial charge in [-0.15, -0.1) is 0 Å². The number of hydrogen-bond donors (Lipinski definition) is 1. The fourth-order valence-corrected chi connectivity index (χ4v) is 1.94. The Morgan fingerprint density at radius 2 is 1.95 bits per heavy atom. The average Bonchev–Trinajstić information content (AvgIpc) is 2.48. The van der Waals surface area contributed by atoms with E-state index in [1.807, 2.05) is 24.3 Å². The van der Waals surface area contributed by atoms with Crippen LogP contribution < -0.4 is 10.1 Å². The lowest BCUT2D eigenvalue weighted by molar-refractivity contribution is -0.384. The minimum absolute atomic E-state index is 0.00432. The van der Waals surface area contributed by atoms with Gasteiger partial charge in [0.25, 0.3) is 0 Å². The van der Waals surface area contributed by atoms with Crippen LogP contribution in [0, 0.1) is 17.0 Å². The molecule has 2 rings (SSSR count). The molecular weight excluding hydrogens is 270 g/mol. The fraction of sp³-hybridized carbons (Fsp3) is 0.267. The van der Waals surface area contributed by atoms with Crippen molar-refractivity contribution in [2.24, 2.45) is 0 Å². The lowest BCUT2D eigenvalue weighted by Crippen LogP contribution is -2.09. The van der Waals surface area contributed by atoms with Crippen molar-refractivity contribution < 1.29 is 9.66 Å². The molecular formula is C15H17N3O3. The van der Waals surface area contributed by atoms with Crippen LogP contribution in [0.3, 0.4) is 0 Å². The molecule has 0 fully saturated rings. The summed E-state index contributed by atoms with van der Waals surface area (Å²) >= 11 is 0. The highest BCUT2D eigenvalue weighted by molar-refractivity contribution is 5.56. The van der Waals surface area contributed by atoms with Gasteiger partial charge in [-0.05, 0) is 37.1 Å². The number of nitro groups is 1. The van der Waals surface area contributed by atoms with Gasteiger partial charge in [0.2, 0.25) is 5.82 Å². The van der Waals surface area contributed by atoms with Crippen molar-refractivity contribution in [1.82, 2.24) is 4.98 Å². The molecule has 110 valence electrons. The first-order chi connectivity index (χ1) is 10.1. The zero-order chi connectivity index (χ0) is 15.2. The average molecular weight is 287 g/mol. The highest BCUT2D eigenvalue weighted by atomic mass is 16.6. The quantitative estimate of drug-likeness (QED) is 0.653. The van der Waals surface area contributed by atoms with E-state index in [0.717, 1.165) is 23.4 Å². The SMILES string of the molecule is COc1ccc(CCNc2nc(C)ccc2[N+](=O)[O-])cc1. The van der Waals surface area contributed by atoms with Gasteiger partial charge in [0.1, 0.15) is 5.75 Å². The molecule has 1 heterocycles. The van der Waals surface area contributed by atoms with E-state index in [0.29, 0.717) is 12.4 Å². The number of aryl methyl sites for hydroxylation is 1. The van der Waals surface area contributed by atoms with Crippen LogP contribution in [-0.2, 0) is 6.42 Å². The maximum Gasteiger partial charge on any atom is 0.311 e. The highest BCUT2D eigenvalue weighted by Gasteiger charge is 2.14. The number of aromatic nitrogens is 1. The first kappa shape index (κ1) is 14.8. The van der Waals surface area contributed by atoms with Gasteiger partial charge in [-0.2, -0.15) is 0 Å². The van der Waals surface area contributed by atoms with Crippen molar-refractivity contribution in [2.45, 2.75) is 13.3 Å². The Balaban J connectivity index is 1.99. The predicted molar refractivity (Wildman–Crippen MR) is 80.8 cm³/mol. The monoisotopic (exact) mass is 287 g/mol. The smallest absolute Gasteiger partial charge is 0.311 e. The molecule has 0 unspecified atom stereocenters. The van der Waals surface area contributed by atoms with Gasteiger partial charge in [-0.1, -0.05) is 12.1 Å². The summed E-state index contributed by atoms with van der Waals surface area (Å²) in [5, 5.41) is 14.0. The number of benzene rings is 1. The molecule has 0 amide bonds. The first-order valence-electron chi connectivity index (χ1n) is 6.59. The molecule has 6 heteroatoms. The predicted octanol–water partition coefficient (Wildman–Crippen LogP) is 2.96. The van der Waals surface area contributed by atoms with Crippen LogP contribution >= 0.6 is 0 Å². The van der Waals surface area contributed by atoms with E-state index >= 15 is 0 Å². The van der Waals surface area contributed by atoms with Gasteiger partial charge in [0.05, 0.1) is 12.0 Å². The molecule has 0 aliphatic carbocycles. The lowest BCUT2D eigenvalue weighted by atomic mass is 10.1. The minimum atomic E-state index is -0.428. The van der Waals surface area contributed by atoms with Crippen molar-refractivity contribution in [3.63, 3.8) is 0 Å². The van der Waals surface area contributed by atoms with Crippen molar-refractivity contribution in [2.75, 3.05) is 19.0 Å². The minimum Gasteiger partial charge on any atom is -0.497 e. The van der Waals surface area contributed by atoms with Crippen molar-refractivity contribution >= 4 is 11.5 Å². The normalized spacial score (nSPS) is 10.2. The summed E-state index contributed by atoms with van der Waals surface area (Å²) in [5.41, 5.74) is 1.86. The topological polar surface area (TPSA) is 77.3 Å². The van der Waals surface area contributed by atoms with Gasteiger partial charge in [-0.3, -0.25) is 10.1 Å². The number of rotatable bonds is 6. The van der Waals surface area contributed by atoms with Crippen molar-refractivity contribution in [1.29, 1.82) is 0 Å². The number of ether oxygens (including phenoxy) is 1. The Morgan fingerprint density at radius 3 is 2.57 bits per heavy atom.